The molecule has 1 atom stereocenters. The molecule has 0 bridgehead atoms. The van der Waals surface area contributed by atoms with E-state index in [9.17, 15) is 9.90 Å². The second kappa shape index (κ2) is 5.19. The summed E-state index contributed by atoms with van der Waals surface area (Å²) >= 11 is 6.10. The maximum Gasteiger partial charge on any atom is 0.329 e. The molecule has 3 nitrogen and oxygen atoms in total. The summed E-state index contributed by atoms with van der Waals surface area (Å²) in [5.41, 5.74) is -0.151. The number of aliphatic carboxylic acids is 1. The Labute approximate surface area is 112 Å². The maximum absolute atomic E-state index is 11.7. The van der Waals surface area contributed by atoms with E-state index in [1.54, 1.807) is 6.07 Å². The van der Waals surface area contributed by atoms with Crippen molar-refractivity contribution < 1.29 is 9.90 Å². The molecule has 2 rings (SSSR count). The first-order valence-corrected chi connectivity index (χ1v) is 6.74. The Morgan fingerprint density at radius 2 is 2.17 bits per heavy atom. The van der Waals surface area contributed by atoms with Crippen molar-refractivity contribution in [1.82, 2.24) is 0 Å². The average Bonchev–Trinajstić information content (AvgIpc) is 3.15. The number of benzene rings is 1. The van der Waals surface area contributed by atoms with Crippen molar-refractivity contribution in [2.75, 3.05) is 5.32 Å². The molecular weight excluding hydrogens is 250 g/mol. The van der Waals surface area contributed by atoms with Gasteiger partial charge in [0, 0.05) is 0 Å². The van der Waals surface area contributed by atoms with E-state index in [2.05, 4.69) is 5.32 Å². The van der Waals surface area contributed by atoms with E-state index in [4.69, 9.17) is 11.6 Å². The summed E-state index contributed by atoms with van der Waals surface area (Å²) in [6, 6.07) is 7.31. The van der Waals surface area contributed by atoms with Crippen LogP contribution < -0.4 is 5.32 Å². The Hall–Kier alpha value is -1.22. The van der Waals surface area contributed by atoms with Crippen LogP contribution in [0, 0.1) is 5.92 Å². The molecule has 1 aromatic carbocycles. The van der Waals surface area contributed by atoms with Gasteiger partial charge in [0.05, 0.1) is 10.7 Å². The molecule has 98 valence electrons. The molecule has 1 saturated carbocycles. The highest BCUT2D eigenvalue weighted by Gasteiger charge is 2.50. The van der Waals surface area contributed by atoms with Gasteiger partial charge in [0.1, 0.15) is 5.54 Å². The van der Waals surface area contributed by atoms with Crippen LogP contribution >= 0.6 is 11.6 Å². The monoisotopic (exact) mass is 267 g/mol. The molecule has 0 saturated heterocycles. The normalized spacial score (nSPS) is 18.1. The van der Waals surface area contributed by atoms with Gasteiger partial charge in [-0.2, -0.15) is 0 Å². The number of halogens is 1. The van der Waals surface area contributed by atoms with Crippen LogP contribution in [-0.2, 0) is 4.79 Å². The average molecular weight is 268 g/mol. The number of carboxylic acids is 1. The first kappa shape index (κ1) is 13.2. The Morgan fingerprint density at radius 1 is 1.50 bits per heavy atom. The van der Waals surface area contributed by atoms with Gasteiger partial charge in [-0.1, -0.05) is 37.1 Å². The van der Waals surface area contributed by atoms with E-state index in [1.807, 2.05) is 25.1 Å². The van der Waals surface area contributed by atoms with Crippen molar-refractivity contribution in [3.63, 3.8) is 0 Å². The third-order valence-electron chi connectivity index (χ3n) is 3.53. The summed E-state index contributed by atoms with van der Waals surface area (Å²) in [6.45, 7) is 2.01. The zero-order valence-corrected chi connectivity index (χ0v) is 11.2. The second-order valence-corrected chi connectivity index (χ2v) is 5.31. The van der Waals surface area contributed by atoms with Crippen LogP contribution in [0.15, 0.2) is 24.3 Å². The van der Waals surface area contributed by atoms with Crippen molar-refractivity contribution >= 4 is 23.3 Å². The quantitative estimate of drug-likeness (QED) is 0.825. The van der Waals surface area contributed by atoms with E-state index in [0.717, 1.165) is 19.3 Å². The number of hydrogen-bond donors (Lipinski definition) is 2. The topological polar surface area (TPSA) is 49.3 Å². The number of carbonyl (C=O) groups is 1. The molecule has 1 aromatic rings. The molecule has 0 amide bonds. The number of para-hydroxylation sites is 1. The second-order valence-electron chi connectivity index (χ2n) is 4.91. The summed E-state index contributed by atoms with van der Waals surface area (Å²) in [7, 11) is 0. The van der Waals surface area contributed by atoms with Gasteiger partial charge >= 0.3 is 5.97 Å². The molecule has 4 heteroatoms. The number of rotatable bonds is 6. The molecule has 1 aliphatic rings. The minimum absolute atomic E-state index is 0.214. The van der Waals surface area contributed by atoms with Gasteiger partial charge in [-0.25, -0.2) is 4.79 Å². The van der Waals surface area contributed by atoms with Gasteiger partial charge in [-0.15, -0.1) is 0 Å². The molecule has 0 radical (unpaired) electrons. The maximum atomic E-state index is 11.7. The first-order valence-electron chi connectivity index (χ1n) is 6.36. The molecule has 1 fully saturated rings. The van der Waals surface area contributed by atoms with Crippen molar-refractivity contribution in [3.8, 4) is 0 Å². The van der Waals surface area contributed by atoms with Gasteiger partial charge < -0.3 is 10.4 Å². The molecule has 0 aromatic heterocycles. The van der Waals surface area contributed by atoms with E-state index < -0.39 is 11.5 Å². The van der Waals surface area contributed by atoms with Gasteiger partial charge in [-0.05, 0) is 37.3 Å². The Kier molecular flexibility index (Phi) is 3.81. The largest absolute Gasteiger partial charge is 0.479 e. The van der Waals surface area contributed by atoms with Gasteiger partial charge in [0.15, 0.2) is 0 Å². The zero-order chi connectivity index (χ0) is 13.2. The third kappa shape index (κ3) is 2.46. The van der Waals surface area contributed by atoms with E-state index in [0.29, 0.717) is 17.1 Å². The lowest BCUT2D eigenvalue weighted by Crippen LogP contribution is -2.48. The van der Waals surface area contributed by atoms with Crippen molar-refractivity contribution in [1.29, 1.82) is 0 Å². The lowest BCUT2D eigenvalue weighted by atomic mass is 9.87. The fraction of sp³-hybridized carbons (Fsp3) is 0.500. The van der Waals surface area contributed by atoms with Crippen LogP contribution in [0.25, 0.3) is 0 Å². The molecule has 1 aliphatic carbocycles. The third-order valence-corrected chi connectivity index (χ3v) is 3.86. The molecule has 2 N–H and O–H groups in total. The highest BCUT2D eigenvalue weighted by Crippen LogP contribution is 2.45. The predicted octanol–water partition coefficient (Wildman–Crippen LogP) is 3.79. The highest BCUT2D eigenvalue weighted by molar-refractivity contribution is 6.33. The van der Waals surface area contributed by atoms with Gasteiger partial charge in [0.25, 0.3) is 0 Å². The number of nitrogens with one attached hydrogen (secondary N) is 1. The summed E-state index contributed by atoms with van der Waals surface area (Å²) in [4.78, 5) is 11.7. The first-order chi connectivity index (χ1) is 8.60. The number of hydrogen-bond acceptors (Lipinski definition) is 2. The predicted molar refractivity (Wildman–Crippen MR) is 73.1 cm³/mol. The van der Waals surface area contributed by atoms with Crippen molar-refractivity contribution in [3.05, 3.63) is 29.3 Å². The molecule has 0 aliphatic heterocycles. The van der Waals surface area contributed by atoms with Crippen LogP contribution in [0.3, 0.4) is 0 Å². The van der Waals surface area contributed by atoms with Gasteiger partial charge in [-0.3, -0.25) is 0 Å². The van der Waals surface area contributed by atoms with Crippen LogP contribution in [-0.4, -0.2) is 16.6 Å². The molecular formula is C14H18ClNO2. The smallest absolute Gasteiger partial charge is 0.329 e. The van der Waals surface area contributed by atoms with Crippen molar-refractivity contribution in [2.24, 2.45) is 5.92 Å². The summed E-state index contributed by atoms with van der Waals surface area (Å²) in [5, 5.41) is 13.4. The van der Waals surface area contributed by atoms with Crippen LogP contribution in [0.2, 0.25) is 5.02 Å². The van der Waals surface area contributed by atoms with Crippen LogP contribution in [0.5, 0.6) is 0 Å². The van der Waals surface area contributed by atoms with E-state index in [1.165, 1.54) is 0 Å². The SMILES string of the molecule is CCCC(Nc1ccccc1Cl)(C(=O)O)C1CC1. The minimum atomic E-state index is -0.861. The van der Waals surface area contributed by atoms with Gasteiger partial charge in [0.2, 0.25) is 0 Å². The minimum Gasteiger partial charge on any atom is -0.479 e. The summed E-state index contributed by atoms with van der Waals surface area (Å²) in [6.07, 6.45) is 3.41. The highest BCUT2D eigenvalue weighted by atomic mass is 35.5. The molecule has 0 spiro atoms. The fourth-order valence-corrected chi connectivity index (χ4v) is 2.66. The Bertz CT molecular complexity index is 445. The number of carboxylic acid groups (broad SMARTS) is 1. The summed E-state index contributed by atoms with van der Waals surface area (Å²) in [5.74, 6) is -0.557. The molecule has 0 heterocycles. The van der Waals surface area contributed by atoms with Crippen LogP contribution in [0.1, 0.15) is 32.6 Å². The Morgan fingerprint density at radius 3 is 2.67 bits per heavy atom. The Balaban J connectivity index is 2.30. The standard InChI is InChI=1S/C14H18ClNO2/c1-2-9-14(13(17)18,10-7-8-10)16-12-6-4-3-5-11(12)15/h3-6,10,16H,2,7-9H2,1H3,(H,17,18). The van der Waals surface area contributed by atoms with Crippen LogP contribution in [0.4, 0.5) is 5.69 Å². The van der Waals surface area contributed by atoms with Crippen molar-refractivity contribution in [2.45, 2.75) is 38.1 Å². The molecule has 18 heavy (non-hydrogen) atoms. The lowest BCUT2D eigenvalue weighted by molar-refractivity contribution is -0.143. The fourth-order valence-electron chi connectivity index (χ4n) is 2.48. The zero-order valence-electron chi connectivity index (χ0n) is 10.4. The van der Waals surface area contributed by atoms with E-state index >= 15 is 0 Å². The molecule has 1 unspecified atom stereocenters. The summed E-state index contributed by atoms with van der Waals surface area (Å²) < 4.78 is 0. The number of anilines is 1. The lowest BCUT2D eigenvalue weighted by Gasteiger charge is -2.32. The van der Waals surface area contributed by atoms with E-state index in [-0.39, 0.29) is 5.92 Å².